The van der Waals surface area contributed by atoms with Gasteiger partial charge in [0.2, 0.25) is 0 Å². The van der Waals surface area contributed by atoms with Gasteiger partial charge in [0.1, 0.15) is 0 Å². The van der Waals surface area contributed by atoms with Gasteiger partial charge in [-0.15, -0.1) is 0 Å². The lowest BCUT2D eigenvalue weighted by Gasteiger charge is -2.31. The van der Waals surface area contributed by atoms with Crippen molar-refractivity contribution in [2.45, 2.75) is 39.4 Å². The van der Waals surface area contributed by atoms with Crippen molar-refractivity contribution < 1.29 is 10.2 Å². The van der Waals surface area contributed by atoms with Gasteiger partial charge in [-0.25, -0.2) is 0 Å². The first-order valence-electron chi connectivity index (χ1n) is 4.56. The maximum atomic E-state index is 9.64. The molecule has 3 atom stereocenters. The molecule has 0 aliphatic heterocycles. The summed E-state index contributed by atoms with van der Waals surface area (Å²) in [6.45, 7) is 6.02. The maximum Gasteiger partial charge on any atom is 0.0756 e. The first-order valence-corrected chi connectivity index (χ1v) is 4.56. The molecule has 1 aliphatic rings. The van der Waals surface area contributed by atoms with Gasteiger partial charge in [-0.2, -0.15) is 0 Å². The highest BCUT2D eigenvalue weighted by atomic mass is 16.3. The molecule has 0 aromatic heterocycles. The molecule has 0 fully saturated rings. The standard InChI is InChI=1S/C10H18O2/c1-6(2)8-5-9(11)7(3)4-10(8)12/h4,6,8-12H,5H2,1-3H3/t8-,9-,10-/m0/s1. The van der Waals surface area contributed by atoms with Crippen molar-refractivity contribution in [3.63, 3.8) is 0 Å². The summed E-state index contributed by atoms with van der Waals surface area (Å²) in [6.07, 6.45) is 1.76. The van der Waals surface area contributed by atoms with Gasteiger partial charge in [-0.1, -0.05) is 19.9 Å². The molecule has 0 unspecified atom stereocenters. The van der Waals surface area contributed by atoms with Crippen LogP contribution < -0.4 is 0 Å². The topological polar surface area (TPSA) is 40.5 Å². The zero-order valence-electron chi connectivity index (χ0n) is 7.99. The van der Waals surface area contributed by atoms with E-state index in [4.69, 9.17) is 0 Å². The Balaban J connectivity index is 2.72. The Labute approximate surface area is 73.9 Å². The third kappa shape index (κ3) is 1.87. The lowest BCUT2D eigenvalue weighted by Crippen LogP contribution is -2.33. The Morgan fingerprint density at radius 3 is 2.50 bits per heavy atom. The van der Waals surface area contributed by atoms with Crippen LogP contribution in [0.15, 0.2) is 11.6 Å². The molecule has 2 nitrogen and oxygen atoms in total. The number of hydrogen-bond acceptors (Lipinski definition) is 2. The van der Waals surface area contributed by atoms with Crippen molar-refractivity contribution >= 4 is 0 Å². The molecule has 0 saturated carbocycles. The third-order valence-corrected chi connectivity index (χ3v) is 2.75. The smallest absolute Gasteiger partial charge is 0.0756 e. The van der Waals surface area contributed by atoms with Crippen LogP contribution in [0.2, 0.25) is 0 Å². The second kappa shape index (κ2) is 3.58. The van der Waals surface area contributed by atoms with E-state index in [1.807, 2.05) is 6.92 Å². The van der Waals surface area contributed by atoms with E-state index in [0.29, 0.717) is 12.3 Å². The maximum absolute atomic E-state index is 9.64. The van der Waals surface area contributed by atoms with E-state index in [0.717, 1.165) is 5.57 Å². The fourth-order valence-corrected chi connectivity index (χ4v) is 1.75. The summed E-state index contributed by atoms with van der Waals surface area (Å²) >= 11 is 0. The molecule has 1 rings (SSSR count). The summed E-state index contributed by atoms with van der Waals surface area (Å²) in [5.74, 6) is 0.641. The molecule has 0 amide bonds. The average molecular weight is 170 g/mol. The summed E-state index contributed by atoms with van der Waals surface area (Å²) in [4.78, 5) is 0. The first kappa shape index (κ1) is 9.75. The van der Waals surface area contributed by atoms with Gasteiger partial charge in [-0.05, 0) is 30.8 Å². The number of aliphatic hydroxyl groups excluding tert-OH is 2. The summed E-state index contributed by atoms with van der Waals surface area (Å²) in [6, 6.07) is 0. The van der Waals surface area contributed by atoms with Crippen LogP contribution in [0.1, 0.15) is 27.2 Å². The summed E-state index contributed by atoms with van der Waals surface area (Å²) in [7, 11) is 0. The largest absolute Gasteiger partial charge is 0.389 e. The first-order chi connectivity index (χ1) is 5.52. The monoisotopic (exact) mass is 170 g/mol. The lowest BCUT2D eigenvalue weighted by atomic mass is 9.79. The second-order valence-corrected chi connectivity index (χ2v) is 4.06. The zero-order valence-corrected chi connectivity index (χ0v) is 7.99. The molecule has 12 heavy (non-hydrogen) atoms. The van der Waals surface area contributed by atoms with Crippen LogP contribution in [0.3, 0.4) is 0 Å². The van der Waals surface area contributed by atoms with Crippen molar-refractivity contribution in [2.75, 3.05) is 0 Å². The van der Waals surface area contributed by atoms with Gasteiger partial charge < -0.3 is 10.2 Å². The van der Waals surface area contributed by atoms with Crippen LogP contribution >= 0.6 is 0 Å². The van der Waals surface area contributed by atoms with Gasteiger partial charge in [0.25, 0.3) is 0 Å². The predicted octanol–water partition coefficient (Wildman–Crippen LogP) is 1.33. The molecule has 70 valence electrons. The molecule has 1 aliphatic carbocycles. The highest BCUT2D eigenvalue weighted by Gasteiger charge is 2.28. The predicted molar refractivity (Wildman–Crippen MR) is 48.7 cm³/mol. The van der Waals surface area contributed by atoms with Crippen molar-refractivity contribution in [1.29, 1.82) is 0 Å². The SMILES string of the molecule is CC1=C[C@H](O)[C@H](C(C)C)C[C@@H]1O. The van der Waals surface area contributed by atoms with Crippen molar-refractivity contribution in [1.82, 2.24) is 0 Å². The van der Waals surface area contributed by atoms with Gasteiger partial charge in [0.05, 0.1) is 12.2 Å². The van der Waals surface area contributed by atoms with E-state index >= 15 is 0 Å². The Hall–Kier alpha value is -0.340. The molecule has 0 bridgehead atoms. The summed E-state index contributed by atoms with van der Waals surface area (Å²) in [5.41, 5.74) is 0.902. The fourth-order valence-electron chi connectivity index (χ4n) is 1.75. The quantitative estimate of drug-likeness (QED) is 0.583. The van der Waals surface area contributed by atoms with Crippen LogP contribution in [-0.2, 0) is 0 Å². The highest BCUT2D eigenvalue weighted by Crippen LogP contribution is 2.29. The van der Waals surface area contributed by atoms with Crippen LogP contribution in [0, 0.1) is 11.8 Å². The van der Waals surface area contributed by atoms with E-state index in [2.05, 4.69) is 13.8 Å². The van der Waals surface area contributed by atoms with E-state index in [1.54, 1.807) is 6.08 Å². The molecule has 0 heterocycles. The summed E-state index contributed by atoms with van der Waals surface area (Å²) in [5, 5.41) is 19.2. The number of aliphatic hydroxyl groups is 2. The molecule has 0 spiro atoms. The van der Waals surface area contributed by atoms with Crippen LogP contribution in [-0.4, -0.2) is 22.4 Å². The van der Waals surface area contributed by atoms with E-state index in [1.165, 1.54) is 0 Å². The minimum absolute atomic E-state index is 0.212. The molecule has 0 radical (unpaired) electrons. The summed E-state index contributed by atoms with van der Waals surface area (Å²) < 4.78 is 0. The van der Waals surface area contributed by atoms with Crippen LogP contribution in [0.25, 0.3) is 0 Å². The molecule has 0 aromatic rings. The minimum atomic E-state index is -0.367. The fraction of sp³-hybridized carbons (Fsp3) is 0.800. The van der Waals surface area contributed by atoms with E-state index in [9.17, 15) is 10.2 Å². The Morgan fingerprint density at radius 2 is 2.00 bits per heavy atom. The Kier molecular flexibility index (Phi) is 2.91. The van der Waals surface area contributed by atoms with E-state index < -0.39 is 0 Å². The van der Waals surface area contributed by atoms with Gasteiger partial charge in [-0.3, -0.25) is 0 Å². The van der Waals surface area contributed by atoms with Crippen molar-refractivity contribution in [3.05, 3.63) is 11.6 Å². The molecule has 2 heteroatoms. The second-order valence-electron chi connectivity index (χ2n) is 4.06. The molecular weight excluding hydrogens is 152 g/mol. The highest BCUT2D eigenvalue weighted by molar-refractivity contribution is 5.13. The Bertz CT molecular complexity index is 184. The number of hydrogen-bond donors (Lipinski definition) is 2. The lowest BCUT2D eigenvalue weighted by molar-refractivity contribution is 0.0607. The minimum Gasteiger partial charge on any atom is -0.389 e. The van der Waals surface area contributed by atoms with Crippen LogP contribution in [0.5, 0.6) is 0 Å². The molecule has 0 aromatic carbocycles. The van der Waals surface area contributed by atoms with Gasteiger partial charge >= 0.3 is 0 Å². The molecule has 0 saturated heterocycles. The van der Waals surface area contributed by atoms with Gasteiger partial charge in [0, 0.05) is 0 Å². The van der Waals surface area contributed by atoms with Crippen LogP contribution in [0.4, 0.5) is 0 Å². The normalized spacial score (nSPS) is 36.8. The van der Waals surface area contributed by atoms with Gasteiger partial charge in [0.15, 0.2) is 0 Å². The number of rotatable bonds is 1. The zero-order chi connectivity index (χ0) is 9.30. The molecule has 2 N–H and O–H groups in total. The molecular formula is C10H18O2. The van der Waals surface area contributed by atoms with Crippen molar-refractivity contribution in [2.24, 2.45) is 11.8 Å². The van der Waals surface area contributed by atoms with Crippen molar-refractivity contribution in [3.8, 4) is 0 Å². The van der Waals surface area contributed by atoms with E-state index in [-0.39, 0.29) is 18.1 Å². The Morgan fingerprint density at radius 1 is 1.42 bits per heavy atom. The third-order valence-electron chi connectivity index (χ3n) is 2.75. The average Bonchev–Trinajstić information content (AvgIpc) is 1.96.